The van der Waals surface area contributed by atoms with Gasteiger partial charge in [-0.1, -0.05) is 31.9 Å². The number of unbranched alkanes of at least 4 members (excludes halogenated alkanes) is 1. The molecule has 0 aromatic heterocycles. The normalized spacial score (nSPS) is 13.1. The summed E-state index contributed by atoms with van der Waals surface area (Å²) in [7, 11) is -3.78. The fourth-order valence-electron chi connectivity index (χ4n) is 1.70. The Morgan fingerprint density at radius 2 is 1.95 bits per heavy atom. The molecule has 5 nitrogen and oxygen atoms in total. The first kappa shape index (κ1) is 16.6. The molecule has 0 saturated carbocycles. The maximum Gasteiger partial charge on any atom is 0.321 e. The lowest BCUT2D eigenvalue weighted by Gasteiger charge is -2.14. The summed E-state index contributed by atoms with van der Waals surface area (Å²) in [5, 5.41) is 8.99. The van der Waals surface area contributed by atoms with Crippen molar-refractivity contribution >= 4 is 16.0 Å². The summed E-state index contributed by atoms with van der Waals surface area (Å²) in [6.07, 6.45) is 1.65. The molecular weight excluding hydrogens is 285 g/mol. The molecule has 0 aliphatic carbocycles. The average molecular weight is 303 g/mol. The van der Waals surface area contributed by atoms with E-state index in [2.05, 4.69) is 4.72 Å². The predicted octanol–water partition coefficient (Wildman–Crippen LogP) is 1.89. The average Bonchev–Trinajstić information content (AvgIpc) is 2.36. The highest BCUT2D eigenvalue weighted by atomic mass is 32.2. The van der Waals surface area contributed by atoms with Crippen LogP contribution in [0.1, 0.15) is 31.7 Å². The zero-order valence-corrected chi connectivity index (χ0v) is 12.0. The van der Waals surface area contributed by atoms with Crippen LogP contribution in [-0.2, 0) is 20.6 Å². The lowest BCUT2D eigenvalue weighted by molar-refractivity contribution is -0.139. The molecular formula is C13H18FNO4S. The summed E-state index contributed by atoms with van der Waals surface area (Å²) >= 11 is 0. The van der Waals surface area contributed by atoms with Gasteiger partial charge in [-0.3, -0.25) is 4.79 Å². The number of hydrogen-bond donors (Lipinski definition) is 2. The number of carbonyl (C=O) groups is 1. The molecule has 0 radical (unpaired) electrons. The number of rotatable bonds is 8. The van der Waals surface area contributed by atoms with E-state index in [4.69, 9.17) is 5.11 Å². The maximum absolute atomic E-state index is 12.7. The fraction of sp³-hybridized carbons (Fsp3) is 0.462. The third-order valence-electron chi connectivity index (χ3n) is 2.74. The summed E-state index contributed by atoms with van der Waals surface area (Å²) in [6, 6.07) is 3.92. The molecule has 20 heavy (non-hydrogen) atoms. The van der Waals surface area contributed by atoms with Crippen molar-refractivity contribution in [3.63, 3.8) is 0 Å². The molecule has 7 heteroatoms. The van der Waals surface area contributed by atoms with Gasteiger partial charge in [-0.15, -0.1) is 0 Å². The van der Waals surface area contributed by atoms with Crippen LogP contribution in [-0.4, -0.2) is 25.5 Å². The molecule has 0 fully saturated rings. The van der Waals surface area contributed by atoms with Crippen LogP contribution < -0.4 is 4.72 Å². The van der Waals surface area contributed by atoms with Crippen molar-refractivity contribution in [1.82, 2.24) is 4.72 Å². The van der Waals surface area contributed by atoms with Gasteiger partial charge in [-0.05, 0) is 24.1 Å². The van der Waals surface area contributed by atoms with Crippen molar-refractivity contribution < 1.29 is 22.7 Å². The van der Waals surface area contributed by atoms with Gasteiger partial charge in [0.25, 0.3) is 0 Å². The summed E-state index contributed by atoms with van der Waals surface area (Å²) in [6.45, 7) is 1.89. The van der Waals surface area contributed by atoms with Crippen molar-refractivity contribution in [2.45, 2.75) is 38.0 Å². The van der Waals surface area contributed by atoms with Gasteiger partial charge in [0, 0.05) is 0 Å². The Morgan fingerprint density at radius 1 is 1.35 bits per heavy atom. The van der Waals surface area contributed by atoms with Crippen LogP contribution in [0, 0.1) is 5.82 Å². The Kier molecular flexibility index (Phi) is 6.09. The molecule has 0 spiro atoms. The summed E-state index contributed by atoms with van der Waals surface area (Å²) in [5.41, 5.74) is 0.401. The number of hydrogen-bond acceptors (Lipinski definition) is 3. The second-order valence-electron chi connectivity index (χ2n) is 4.54. The van der Waals surface area contributed by atoms with E-state index in [-0.39, 0.29) is 12.2 Å². The van der Waals surface area contributed by atoms with Gasteiger partial charge < -0.3 is 5.11 Å². The number of halogens is 1. The van der Waals surface area contributed by atoms with E-state index in [0.717, 1.165) is 18.6 Å². The molecule has 2 N–H and O–H groups in total. The maximum atomic E-state index is 12.7. The Hall–Kier alpha value is -1.47. The third kappa shape index (κ3) is 5.66. The van der Waals surface area contributed by atoms with E-state index in [0.29, 0.717) is 12.0 Å². The quantitative estimate of drug-likeness (QED) is 0.768. The summed E-state index contributed by atoms with van der Waals surface area (Å²) in [5.74, 6) is -2.02. The van der Waals surface area contributed by atoms with Crippen LogP contribution in [0.2, 0.25) is 0 Å². The molecule has 0 saturated heterocycles. The van der Waals surface area contributed by atoms with Crippen molar-refractivity contribution in [2.24, 2.45) is 0 Å². The first-order valence-corrected chi connectivity index (χ1v) is 7.96. The van der Waals surface area contributed by atoms with Crippen molar-refractivity contribution in [3.8, 4) is 0 Å². The Bertz CT molecular complexity index is 542. The highest BCUT2D eigenvalue weighted by Crippen LogP contribution is 2.09. The fourth-order valence-corrected chi connectivity index (χ4v) is 3.07. The van der Waals surface area contributed by atoms with Crippen LogP contribution in [0.4, 0.5) is 4.39 Å². The molecule has 0 amide bonds. The van der Waals surface area contributed by atoms with Crippen LogP contribution in [0.5, 0.6) is 0 Å². The number of nitrogens with one attached hydrogen (secondary N) is 1. The molecule has 0 unspecified atom stereocenters. The SMILES string of the molecule is CCCC[C@H](NS(=O)(=O)Cc1ccc(F)cc1)C(=O)O. The van der Waals surface area contributed by atoms with Gasteiger partial charge in [0.1, 0.15) is 11.9 Å². The molecule has 0 aliphatic rings. The van der Waals surface area contributed by atoms with Gasteiger partial charge >= 0.3 is 5.97 Å². The first-order valence-electron chi connectivity index (χ1n) is 6.31. The van der Waals surface area contributed by atoms with Crippen molar-refractivity contribution in [3.05, 3.63) is 35.6 Å². The summed E-state index contributed by atoms with van der Waals surface area (Å²) < 4.78 is 38.7. The van der Waals surface area contributed by atoms with Gasteiger partial charge in [0.15, 0.2) is 0 Å². The van der Waals surface area contributed by atoms with E-state index in [1.165, 1.54) is 12.1 Å². The van der Waals surface area contributed by atoms with E-state index in [1.807, 2.05) is 6.92 Å². The highest BCUT2D eigenvalue weighted by Gasteiger charge is 2.23. The minimum absolute atomic E-state index is 0.245. The monoisotopic (exact) mass is 303 g/mol. The van der Waals surface area contributed by atoms with Gasteiger partial charge in [-0.2, -0.15) is 0 Å². The molecule has 1 atom stereocenters. The lowest BCUT2D eigenvalue weighted by Crippen LogP contribution is -2.41. The van der Waals surface area contributed by atoms with Gasteiger partial charge in [0.05, 0.1) is 5.75 Å². The zero-order valence-electron chi connectivity index (χ0n) is 11.2. The lowest BCUT2D eigenvalue weighted by atomic mass is 10.1. The van der Waals surface area contributed by atoms with Gasteiger partial charge in [0.2, 0.25) is 10.0 Å². The van der Waals surface area contributed by atoms with Crippen LogP contribution in [0.25, 0.3) is 0 Å². The molecule has 0 aliphatic heterocycles. The summed E-state index contributed by atoms with van der Waals surface area (Å²) in [4.78, 5) is 11.0. The minimum Gasteiger partial charge on any atom is -0.480 e. The second kappa shape index (κ2) is 7.35. The smallest absolute Gasteiger partial charge is 0.321 e. The Labute approximate surface area is 117 Å². The number of benzene rings is 1. The topological polar surface area (TPSA) is 83.5 Å². The molecule has 0 bridgehead atoms. The molecule has 1 aromatic rings. The van der Waals surface area contributed by atoms with Gasteiger partial charge in [-0.25, -0.2) is 17.5 Å². The number of carboxylic acid groups (broad SMARTS) is 1. The number of aliphatic carboxylic acids is 1. The molecule has 112 valence electrons. The molecule has 0 heterocycles. The van der Waals surface area contributed by atoms with Crippen molar-refractivity contribution in [2.75, 3.05) is 0 Å². The van der Waals surface area contributed by atoms with E-state index >= 15 is 0 Å². The Balaban J connectivity index is 2.72. The number of carboxylic acids is 1. The third-order valence-corrected chi connectivity index (χ3v) is 4.09. The van der Waals surface area contributed by atoms with E-state index in [9.17, 15) is 17.6 Å². The Morgan fingerprint density at radius 3 is 2.45 bits per heavy atom. The van der Waals surface area contributed by atoms with Crippen LogP contribution >= 0.6 is 0 Å². The van der Waals surface area contributed by atoms with E-state index < -0.39 is 27.9 Å². The molecule has 1 aromatic carbocycles. The van der Waals surface area contributed by atoms with Crippen LogP contribution in [0.15, 0.2) is 24.3 Å². The standard InChI is InChI=1S/C13H18FNO4S/c1-2-3-4-12(13(16)17)15-20(18,19)9-10-5-7-11(14)8-6-10/h5-8,12,15H,2-4,9H2,1H3,(H,16,17)/t12-/m0/s1. The number of sulfonamides is 1. The molecule has 1 rings (SSSR count). The van der Waals surface area contributed by atoms with Crippen LogP contribution in [0.3, 0.4) is 0 Å². The zero-order chi connectivity index (χ0) is 15.2. The second-order valence-corrected chi connectivity index (χ2v) is 6.29. The first-order chi connectivity index (χ1) is 9.34. The van der Waals surface area contributed by atoms with Crippen molar-refractivity contribution in [1.29, 1.82) is 0 Å². The highest BCUT2D eigenvalue weighted by molar-refractivity contribution is 7.88. The van der Waals surface area contributed by atoms with E-state index in [1.54, 1.807) is 0 Å². The minimum atomic E-state index is -3.78. The predicted molar refractivity (Wildman–Crippen MR) is 73.1 cm³/mol. The largest absolute Gasteiger partial charge is 0.480 e.